The first-order valence-electron chi connectivity index (χ1n) is 5.87. The fourth-order valence-corrected chi connectivity index (χ4v) is 3.85. The second kappa shape index (κ2) is 5.13. The van der Waals surface area contributed by atoms with Gasteiger partial charge in [0, 0.05) is 6.54 Å². The van der Waals surface area contributed by atoms with Crippen LogP contribution in [0.1, 0.15) is 17.5 Å². The van der Waals surface area contributed by atoms with Crippen molar-refractivity contribution in [2.75, 3.05) is 13.1 Å². The second-order valence-electron chi connectivity index (χ2n) is 4.62. The third kappa shape index (κ3) is 3.48. The molecule has 1 N–H and O–H groups in total. The molecule has 1 aromatic carbocycles. The van der Waals surface area contributed by atoms with Crippen molar-refractivity contribution in [2.24, 2.45) is 0 Å². The van der Waals surface area contributed by atoms with Gasteiger partial charge < -0.3 is 5.32 Å². The lowest BCUT2D eigenvalue weighted by molar-refractivity contribution is -0.137. The highest BCUT2D eigenvalue weighted by Crippen LogP contribution is 2.30. The van der Waals surface area contributed by atoms with Gasteiger partial charge in [-0.3, -0.25) is 0 Å². The summed E-state index contributed by atoms with van der Waals surface area (Å²) in [7, 11) is -3.41. The van der Waals surface area contributed by atoms with Crippen LogP contribution >= 0.6 is 0 Å². The molecule has 0 aromatic heterocycles. The van der Waals surface area contributed by atoms with Gasteiger partial charge >= 0.3 is 6.18 Å². The van der Waals surface area contributed by atoms with Gasteiger partial charge in [-0.2, -0.15) is 13.2 Å². The predicted molar refractivity (Wildman–Crippen MR) is 65.3 cm³/mol. The Balaban J connectivity index is 2.19. The summed E-state index contributed by atoms with van der Waals surface area (Å²) in [6.07, 6.45) is -3.93. The molecular weight excluding hydrogens is 279 g/mol. The van der Waals surface area contributed by atoms with E-state index in [9.17, 15) is 21.6 Å². The molecule has 1 aliphatic rings. The largest absolute Gasteiger partial charge is 0.416 e. The quantitative estimate of drug-likeness (QED) is 0.927. The van der Waals surface area contributed by atoms with Gasteiger partial charge in [-0.15, -0.1) is 0 Å². The first-order valence-corrected chi connectivity index (χ1v) is 7.59. The van der Waals surface area contributed by atoms with Crippen LogP contribution in [0, 0.1) is 0 Å². The Bertz CT molecular complexity index is 548. The summed E-state index contributed by atoms with van der Waals surface area (Å²) in [5.41, 5.74) is -0.633. The van der Waals surface area contributed by atoms with Gasteiger partial charge in [-0.1, -0.05) is 18.2 Å². The molecule has 1 aromatic rings. The maximum Gasteiger partial charge on any atom is 0.416 e. The van der Waals surface area contributed by atoms with E-state index in [0.717, 1.165) is 12.1 Å². The van der Waals surface area contributed by atoms with Gasteiger partial charge in [0.05, 0.1) is 16.6 Å². The maximum absolute atomic E-state index is 12.5. The van der Waals surface area contributed by atoms with Crippen LogP contribution in [-0.2, 0) is 21.8 Å². The normalized spacial score (nSPS) is 20.7. The first kappa shape index (κ1) is 14.3. The van der Waals surface area contributed by atoms with Gasteiger partial charge in [0.25, 0.3) is 0 Å². The highest BCUT2D eigenvalue weighted by molar-refractivity contribution is 7.91. The molecule has 0 aliphatic carbocycles. The summed E-state index contributed by atoms with van der Waals surface area (Å²) in [5.74, 6) is -0.344. The molecule has 7 heteroatoms. The second-order valence-corrected chi connectivity index (χ2v) is 6.90. The standard InChI is InChI=1S/C12H14F3NO2S/c13-12(14,15)10-3-1-2-9(6-10)8-19(17,18)11-4-5-16-7-11/h1-3,6,11,16H,4-5,7-8H2. The number of alkyl halides is 3. The fourth-order valence-electron chi connectivity index (χ4n) is 2.12. The van der Waals surface area contributed by atoms with Crippen LogP contribution in [0.15, 0.2) is 24.3 Å². The number of halogens is 3. The zero-order chi connectivity index (χ0) is 14.1. The number of sulfone groups is 1. The number of benzene rings is 1. The lowest BCUT2D eigenvalue weighted by Crippen LogP contribution is -2.25. The van der Waals surface area contributed by atoms with Gasteiger partial charge in [0.1, 0.15) is 0 Å². The molecule has 0 bridgehead atoms. The van der Waals surface area contributed by atoms with E-state index < -0.39 is 26.8 Å². The number of nitrogens with one attached hydrogen (secondary N) is 1. The van der Waals surface area contributed by atoms with Crippen molar-refractivity contribution < 1.29 is 21.6 Å². The van der Waals surface area contributed by atoms with E-state index in [-0.39, 0.29) is 11.3 Å². The van der Waals surface area contributed by atoms with Crippen molar-refractivity contribution >= 4 is 9.84 Å². The molecule has 1 saturated heterocycles. The molecule has 106 valence electrons. The van der Waals surface area contributed by atoms with Crippen molar-refractivity contribution in [3.05, 3.63) is 35.4 Å². The molecule has 2 rings (SSSR count). The number of hydrogen-bond donors (Lipinski definition) is 1. The Labute approximate surface area is 109 Å². The Morgan fingerprint density at radius 2 is 2.05 bits per heavy atom. The first-order chi connectivity index (χ1) is 8.79. The lowest BCUT2D eigenvalue weighted by Gasteiger charge is -2.12. The van der Waals surface area contributed by atoms with Crippen LogP contribution in [0.25, 0.3) is 0 Å². The predicted octanol–water partition coefficient (Wildman–Crippen LogP) is 1.98. The Morgan fingerprint density at radius 1 is 1.32 bits per heavy atom. The van der Waals surface area contributed by atoms with Crippen molar-refractivity contribution in [1.82, 2.24) is 5.32 Å². The average Bonchev–Trinajstić information content (AvgIpc) is 2.81. The van der Waals surface area contributed by atoms with E-state index >= 15 is 0 Å². The minimum Gasteiger partial charge on any atom is -0.315 e. The molecule has 1 atom stereocenters. The minimum absolute atomic E-state index is 0.182. The topological polar surface area (TPSA) is 46.2 Å². The Kier molecular flexibility index (Phi) is 3.87. The SMILES string of the molecule is O=S(=O)(Cc1cccc(C(F)(F)F)c1)C1CCNC1. The molecule has 3 nitrogen and oxygen atoms in total. The van der Waals surface area contributed by atoms with Crippen LogP contribution < -0.4 is 5.32 Å². The summed E-state index contributed by atoms with van der Waals surface area (Å²) in [5, 5.41) is 2.44. The van der Waals surface area contributed by atoms with E-state index in [1.807, 2.05) is 0 Å². The monoisotopic (exact) mass is 293 g/mol. The minimum atomic E-state index is -4.45. The smallest absolute Gasteiger partial charge is 0.315 e. The molecule has 1 heterocycles. The zero-order valence-electron chi connectivity index (χ0n) is 10.1. The van der Waals surface area contributed by atoms with Crippen molar-refractivity contribution in [3.8, 4) is 0 Å². The molecule has 0 amide bonds. The molecule has 0 saturated carbocycles. The van der Waals surface area contributed by atoms with E-state index in [2.05, 4.69) is 5.32 Å². The molecule has 19 heavy (non-hydrogen) atoms. The molecule has 1 fully saturated rings. The van der Waals surface area contributed by atoms with E-state index in [1.165, 1.54) is 12.1 Å². The summed E-state index contributed by atoms with van der Waals surface area (Å²) < 4.78 is 61.7. The Morgan fingerprint density at radius 3 is 2.63 bits per heavy atom. The lowest BCUT2D eigenvalue weighted by atomic mass is 10.1. The van der Waals surface area contributed by atoms with Crippen molar-refractivity contribution in [1.29, 1.82) is 0 Å². The van der Waals surface area contributed by atoms with Crippen LogP contribution in [0.4, 0.5) is 13.2 Å². The van der Waals surface area contributed by atoms with Crippen molar-refractivity contribution in [3.63, 3.8) is 0 Å². The van der Waals surface area contributed by atoms with Gasteiger partial charge in [0.2, 0.25) is 0 Å². The average molecular weight is 293 g/mol. The van der Waals surface area contributed by atoms with Crippen LogP contribution in [0.5, 0.6) is 0 Å². The van der Waals surface area contributed by atoms with Crippen LogP contribution in [0.3, 0.4) is 0 Å². The van der Waals surface area contributed by atoms with Gasteiger partial charge in [-0.25, -0.2) is 8.42 Å². The van der Waals surface area contributed by atoms with E-state index in [4.69, 9.17) is 0 Å². The molecule has 1 aliphatic heterocycles. The maximum atomic E-state index is 12.5. The van der Waals surface area contributed by atoms with Gasteiger partial charge in [0.15, 0.2) is 9.84 Å². The molecular formula is C12H14F3NO2S. The highest BCUT2D eigenvalue weighted by Gasteiger charge is 2.32. The van der Waals surface area contributed by atoms with Crippen molar-refractivity contribution in [2.45, 2.75) is 23.6 Å². The summed E-state index contributed by atoms with van der Waals surface area (Å²) in [6, 6.07) is 4.49. The fraction of sp³-hybridized carbons (Fsp3) is 0.500. The highest BCUT2D eigenvalue weighted by atomic mass is 32.2. The van der Waals surface area contributed by atoms with Crippen LogP contribution in [-0.4, -0.2) is 26.8 Å². The third-order valence-corrected chi connectivity index (χ3v) is 5.30. The van der Waals surface area contributed by atoms with E-state index in [0.29, 0.717) is 19.5 Å². The van der Waals surface area contributed by atoms with Crippen LogP contribution in [0.2, 0.25) is 0 Å². The zero-order valence-corrected chi connectivity index (χ0v) is 10.9. The molecule has 1 unspecified atom stereocenters. The third-order valence-electron chi connectivity index (χ3n) is 3.15. The molecule has 0 radical (unpaired) electrons. The van der Waals surface area contributed by atoms with Gasteiger partial charge in [-0.05, 0) is 24.6 Å². The Hall–Kier alpha value is -1.08. The summed E-state index contributed by atoms with van der Waals surface area (Å²) >= 11 is 0. The summed E-state index contributed by atoms with van der Waals surface area (Å²) in [4.78, 5) is 0. The molecule has 0 spiro atoms. The number of hydrogen-bond acceptors (Lipinski definition) is 3. The summed E-state index contributed by atoms with van der Waals surface area (Å²) in [6.45, 7) is 1.01. The number of rotatable bonds is 3. The van der Waals surface area contributed by atoms with E-state index in [1.54, 1.807) is 0 Å².